The average molecular weight is 368 g/mol. The molecule has 2 aromatic heterocycles. The number of oxazole rings is 1. The lowest BCUT2D eigenvalue weighted by molar-refractivity contribution is 0.119. The molecule has 0 spiro atoms. The van der Waals surface area contributed by atoms with Gasteiger partial charge in [-0.2, -0.15) is 0 Å². The molecule has 0 radical (unpaired) electrons. The van der Waals surface area contributed by atoms with Crippen LogP contribution >= 0.6 is 0 Å². The van der Waals surface area contributed by atoms with Crippen molar-refractivity contribution in [3.63, 3.8) is 0 Å². The van der Waals surface area contributed by atoms with Crippen molar-refractivity contribution in [1.82, 2.24) is 19.9 Å². The van der Waals surface area contributed by atoms with E-state index in [0.717, 1.165) is 67.7 Å². The van der Waals surface area contributed by atoms with Gasteiger partial charge in [-0.25, -0.2) is 4.98 Å². The first-order valence-electron chi connectivity index (χ1n) is 9.15. The van der Waals surface area contributed by atoms with Crippen molar-refractivity contribution in [3.8, 4) is 17.2 Å². The van der Waals surface area contributed by atoms with Crippen molar-refractivity contribution >= 4 is 0 Å². The highest BCUT2D eigenvalue weighted by atomic mass is 16.5. The molecular weight excluding hydrogens is 344 g/mol. The zero-order valence-corrected chi connectivity index (χ0v) is 15.7. The van der Waals surface area contributed by atoms with Gasteiger partial charge in [-0.1, -0.05) is 5.16 Å². The van der Waals surface area contributed by atoms with Gasteiger partial charge in [0.15, 0.2) is 0 Å². The van der Waals surface area contributed by atoms with Gasteiger partial charge < -0.3 is 13.7 Å². The van der Waals surface area contributed by atoms with Crippen molar-refractivity contribution in [2.75, 3.05) is 33.3 Å². The van der Waals surface area contributed by atoms with Crippen molar-refractivity contribution < 1.29 is 13.7 Å². The van der Waals surface area contributed by atoms with E-state index in [4.69, 9.17) is 13.7 Å². The van der Waals surface area contributed by atoms with Gasteiger partial charge in [0.2, 0.25) is 5.89 Å². The number of aryl methyl sites for hydroxylation is 1. The lowest BCUT2D eigenvalue weighted by Crippen LogP contribution is -2.45. The SMILES string of the molecule is COc1ccc(-c2nc(CN3CCN(Cc4cc(C)on4)CC3)co2)cc1. The van der Waals surface area contributed by atoms with Gasteiger partial charge in [0.05, 0.1) is 18.5 Å². The summed E-state index contributed by atoms with van der Waals surface area (Å²) in [6.45, 7) is 7.59. The van der Waals surface area contributed by atoms with Gasteiger partial charge in [0, 0.05) is 50.9 Å². The van der Waals surface area contributed by atoms with E-state index in [1.165, 1.54) is 0 Å². The minimum absolute atomic E-state index is 0.646. The predicted molar refractivity (Wildman–Crippen MR) is 100 cm³/mol. The van der Waals surface area contributed by atoms with E-state index in [9.17, 15) is 0 Å². The monoisotopic (exact) mass is 368 g/mol. The Labute approximate surface area is 158 Å². The molecule has 27 heavy (non-hydrogen) atoms. The van der Waals surface area contributed by atoms with Gasteiger partial charge in [0.25, 0.3) is 0 Å². The molecule has 1 fully saturated rings. The third-order valence-electron chi connectivity index (χ3n) is 4.80. The Kier molecular flexibility index (Phi) is 5.22. The molecule has 4 rings (SSSR count). The standard InChI is InChI=1S/C20H24N4O3/c1-15-11-17(22-27-15)12-23-7-9-24(10-8-23)13-18-14-26-20(21-18)16-3-5-19(25-2)6-4-16/h3-6,11,14H,7-10,12-13H2,1-2H3. The Morgan fingerprint density at radius 1 is 1.00 bits per heavy atom. The molecule has 7 heteroatoms. The molecule has 1 aliphatic rings. The molecule has 0 bridgehead atoms. The molecule has 7 nitrogen and oxygen atoms in total. The van der Waals surface area contributed by atoms with Crippen LogP contribution in [0.4, 0.5) is 0 Å². The fourth-order valence-electron chi connectivity index (χ4n) is 3.30. The molecule has 0 N–H and O–H groups in total. The summed E-state index contributed by atoms with van der Waals surface area (Å²) in [6, 6.07) is 9.74. The van der Waals surface area contributed by atoms with E-state index >= 15 is 0 Å². The lowest BCUT2D eigenvalue weighted by Gasteiger charge is -2.33. The van der Waals surface area contributed by atoms with E-state index in [-0.39, 0.29) is 0 Å². The Hall–Kier alpha value is -2.64. The number of hydrogen-bond donors (Lipinski definition) is 0. The number of hydrogen-bond acceptors (Lipinski definition) is 7. The summed E-state index contributed by atoms with van der Waals surface area (Å²) in [5.74, 6) is 2.33. The molecule has 1 saturated heterocycles. The summed E-state index contributed by atoms with van der Waals surface area (Å²) in [4.78, 5) is 9.44. The fourth-order valence-corrected chi connectivity index (χ4v) is 3.30. The second-order valence-electron chi connectivity index (χ2n) is 6.85. The van der Waals surface area contributed by atoms with Gasteiger partial charge in [-0.15, -0.1) is 0 Å². The predicted octanol–water partition coefficient (Wildman–Crippen LogP) is 2.96. The molecule has 0 saturated carbocycles. The molecule has 0 amide bonds. The summed E-state index contributed by atoms with van der Waals surface area (Å²) in [7, 11) is 1.66. The van der Waals surface area contributed by atoms with Crippen LogP contribution in [0.2, 0.25) is 0 Å². The zero-order chi connectivity index (χ0) is 18.6. The smallest absolute Gasteiger partial charge is 0.226 e. The number of ether oxygens (including phenoxy) is 1. The zero-order valence-electron chi connectivity index (χ0n) is 15.7. The van der Waals surface area contributed by atoms with Crippen LogP contribution in [0.3, 0.4) is 0 Å². The number of benzene rings is 1. The fraction of sp³-hybridized carbons (Fsp3) is 0.400. The third-order valence-corrected chi connectivity index (χ3v) is 4.80. The Morgan fingerprint density at radius 3 is 2.26 bits per heavy atom. The molecule has 0 unspecified atom stereocenters. The van der Waals surface area contributed by atoms with E-state index in [0.29, 0.717) is 5.89 Å². The first kappa shape index (κ1) is 17.8. The van der Waals surface area contributed by atoms with Crippen LogP contribution in [0, 0.1) is 6.92 Å². The summed E-state index contributed by atoms with van der Waals surface area (Å²) >= 11 is 0. The summed E-state index contributed by atoms with van der Waals surface area (Å²) in [5.41, 5.74) is 2.91. The Balaban J connectivity index is 1.29. The number of rotatable bonds is 6. The molecule has 1 aromatic carbocycles. The van der Waals surface area contributed by atoms with Gasteiger partial charge in [0.1, 0.15) is 17.8 Å². The molecule has 3 aromatic rings. The van der Waals surface area contributed by atoms with Crippen molar-refractivity contribution in [1.29, 1.82) is 0 Å². The molecule has 0 atom stereocenters. The van der Waals surface area contributed by atoms with Crippen LogP contribution in [0.1, 0.15) is 17.1 Å². The molecule has 0 aliphatic carbocycles. The minimum atomic E-state index is 0.646. The molecule has 142 valence electrons. The van der Waals surface area contributed by atoms with Crippen LogP contribution in [-0.4, -0.2) is 53.2 Å². The van der Waals surface area contributed by atoms with Crippen LogP contribution < -0.4 is 4.74 Å². The second-order valence-corrected chi connectivity index (χ2v) is 6.85. The van der Waals surface area contributed by atoms with Crippen molar-refractivity contribution in [2.24, 2.45) is 0 Å². The highest BCUT2D eigenvalue weighted by Gasteiger charge is 2.19. The maximum atomic E-state index is 5.66. The maximum absolute atomic E-state index is 5.66. The molecular formula is C20H24N4O3. The van der Waals surface area contributed by atoms with Gasteiger partial charge >= 0.3 is 0 Å². The van der Waals surface area contributed by atoms with E-state index in [1.807, 2.05) is 37.3 Å². The number of methoxy groups -OCH3 is 1. The third kappa shape index (κ3) is 4.37. The van der Waals surface area contributed by atoms with Crippen LogP contribution in [0.5, 0.6) is 5.75 Å². The van der Waals surface area contributed by atoms with Crippen LogP contribution in [-0.2, 0) is 13.1 Å². The topological polar surface area (TPSA) is 67.8 Å². The van der Waals surface area contributed by atoms with Crippen LogP contribution in [0.15, 0.2) is 45.5 Å². The van der Waals surface area contributed by atoms with Gasteiger partial charge in [-0.05, 0) is 31.2 Å². The number of piperazine rings is 1. The average Bonchev–Trinajstić information content (AvgIpc) is 3.32. The normalized spacial score (nSPS) is 15.9. The van der Waals surface area contributed by atoms with Gasteiger partial charge in [-0.3, -0.25) is 9.80 Å². The Morgan fingerprint density at radius 2 is 1.67 bits per heavy atom. The lowest BCUT2D eigenvalue weighted by atomic mass is 10.2. The summed E-state index contributed by atoms with van der Waals surface area (Å²) in [5, 5.41) is 4.08. The van der Waals surface area contributed by atoms with E-state index in [1.54, 1.807) is 13.4 Å². The largest absolute Gasteiger partial charge is 0.497 e. The number of aromatic nitrogens is 2. The first-order chi connectivity index (χ1) is 13.2. The Bertz CT molecular complexity index is 863. The quantitative estimate of drug-likeness (QED) is 0.662. The van der Waals surface area contributed by atoms with E-state index < -0.39 is 0 Å². The maximum Gasteiger partial charge on any atom is 0.226 e. The summed E-state index contributed by atoms with van der Waals surface area (Å²) < 4.78 is 16.0. The van der Waals surface area contributed by atoms with Crippen molar-refractivity contribution in [3.05, 3.63) is 53.7 Å². The highest BCUT2D eigenvalue weighted by Crippen LogP contribution is 2.22. The minimum Gasteiger partial charge on any atom is -0.497 e. The number of nitrogens with zero attached hydrogens (tertiary/aromatic N) is 4. The first-order valence-corrected chi connectivity index (χ1v) is 9.15. The molecule has 1 aliphatic heterocycles. The molecule has 3 heterocycles. The summed E-state index contributed by atoms with van der Waals surface area (Å²) in [6.07, 6.45) is 1.75. The highest BCUT2D eigenvalue weighted by molar-refractivity contribution is 5.54. The van der Waals surface area contributed by atoms with Crippen molar-refractivity contribution in [2.45, 2.75) is 20.0 Å². The van der Waals surface area contributed by atoms with Crippen LogP contribution in [0.25, 0.3) is 11.5 Å². The van der Waals surface area contributed by atoms with E-state index in [2.05, 4.69) is 19.9 Å². The second kappa shape index (κ2) is 7.94.